The van der Waals surface area contributed by atoms with Crippen LogP contribution in [0.1, 0.15) is 6.42 Å². The van der Waals surface area contributed by atoms with Gasteiger partial charge in [0.1, 0.15) is 11.6 Å². The number of benzene rings is 1. The van der Waals surface area contributed by atoms with Crippen LogP contribution in [0.2, 0.25) is 0 Å². The lowest BCUT2D eigenvalue weighted by atomic mass is 10.2. The molecule has 0 radical (unpaired) electrons. The highest BCUT2D eigenvalue weighted by molar-refractivity contribution is 5.80. The highest BCUT2D eigenvalue weighted by Gasteiger charge is 2.02. The van der Waals surface area contributed by atoms with Crippen molar-refractivity contribution in [2.24, 2.45) is 10.9 Å². The van der Waals surface area contributed by atoms with Gasteiger partial charge in [-0.3, -0.25) is 0 Å². The van der Waals surface area contributed by atoms with E-state index < -0.39 is 0 Å². The Morgan fingerprint density at radius 3 is 2.56 bits per heavy atom. The van der Waals surface area contributed by atoms with Gasteiger partial charge in [0.2, 0.25) is 0 Å². The number of amidine groups is 1. The third kappa shape index (κ3) is 3.34. The van der Waals surface area contributed by atoms with Crippen LogP contribution in [0, 0.1) is 0 Å². The molecule has 0 heterocycles. The molecule has 0 bridgehead atoms. The number of hydrogen-bond acceptors (Lipinski definition) is 4. The summed E-state index contributed by atoms with van der Waals surface area (Å²) in [4.78, 5) is 2.03. The number of hydrogen-bond donors (Lipinski definition) is 2. The molecule has 16 heavy (non-hydrogen) atoms. The van der Waals surface area contributed by atoms with Crippen LogP contribution in [0.5, 0.6) is 5.75 Å². The Balaban J connectivity index is 2.55. The maximum absolute atomic E-state index is 8.41. The molecule has 0 spiro atoms. The number of nitrogens with two attached hydrogens (primary N) is 1. The summed E-state index contributed by atoms with van der Waals surface area (Å²) < 4.78 is 5.07. The van der Waals surface area contributed by atoms with Crippen molar-refractivity contribution >= 4 is 11.5 Å². The van der Waals surface area contributed by atoms with Gasteiger partial charge in [-0.2, -0.15) is 0 Å². The molecule has 0 aliphatic heterocycles. The number of methoxy groups -OCH3 is 1. The Bertz CT molecular complexity index is 349. The first kappa shape index (κ1) is 12.2. The van der Waals surface area contributed by atoms with Crippen LogP contribution in [-0.2, 0) is 0 Å². The minimum Gasteiger partial charge on any atom is -0.497 e. The van der Waals surface area contributed by atoms with E-state index in [9.17, 15) is 0 Å². The highest BCUT2D eigenvalue weighted by Crippen LogP contribution is 2.17. The predicted octanol–water partition coefficient (Wildman–Crippen LogP) is 1.27. The van der Waals surface area contributed by atoms with Gasteiger partial charge in [0.25, 0.3) is 0 Å². The number of nitrogens with zero attached hydrogens (tertiary/aromatic N) is 2. The van der Waals surface area contributed by atoms with E-state index in [1.54, 1.807) is 7.11 Å². The van der Waals surface area contributed by atoms with Gasteiger partial charge in [-0.1, -0.05) is 5.16 Å². The van der Waals surface area contributed by atoms with Crippen LogP contribution >= 0.6 is 0 Å². The summed E-state index contributed by atoms with van der Waals surface area (Å²) in [7, 11) is 3.59. The first-order valence-electron chi connectivity index (χ1n) is 4.99. The lowest BCUT2D eigenvalue weighted by Gasteiger charge is -2.18. The Morgan fingerprint density at radius 1 is 1.44 bits per heavy atom. The molecule has 0 aromatic heterocycles. The first-order chi connectivity index (χ1) is 7.67. The second kappa shape index (κ2) is 5.85. The third-order valence-electron chi connectivity index (χ3n) is 2.34. The van der Waals surface area contributed by atoms with Crippen LogP contribution < -0.4 is 15.4 Å². The molecule has 0 atom stereocenters. The number of anilines is 1. The minimum atomic E-state index is 0.236. The number of rotatable bonds is 5. The molecule has 1 aromatic carbocycles. The first-order valence-corrected chi connectivity index (χ1v) is 4.99. The van der Waals surface area contributed by atoms with E-state index in [1.807, 2.05) is 36.2 Å². The molecular formula is C11H17N3O2. The maximum atomic E-state index is 8.41. The van der Waals surface area contributed by atoms with Crippen molar-refractivity contribution in [3.05, 3.63) is 24.3 Å². The molecule has 3 N–H and O–H groups in total. The van der Waals surface area contributed by atoms with Crippen molar-refractivity contribution in [3.8, 4) is 5.75 Å². The second-order valence-electron chi connectivity index (χ2n) is 3.46. The summed E-state index contributed by atoms with van der Waals surface area (Å²) in [5, 5.41) is 11.3. The fourth-order valence-electron chi connectivity index (χ4n) is 1.30. The van der Waals surface area contributed by atoms with E-state index in [4.69, 9.17) is 15.7 Å². The topological polar surface area (TPSA) is 71.1 Å². The molecule has 0 aliphatic rings. The fourth-order valence-corrected chi connectivity index (χ4v) is 1.30. The SMILES string of the molecule is COc1ccc(N(C)CCC(N)=NO)cc1. The smallest absolute Gasteiger partial charge is 0.140 e. The summed E-state index contributed by atoms with van der Waals surface area (Å²) in [5.74, 6) is 1.06. The fraction of sp³-hybridized carbons (Fsp3) is 0.364. The Hall–Kier alpha value is -1.91. The maximum Gasteiger partial charge on any atom is 0.140 e. The van der Waals surface area contributed by atoms with E-state index in [0.29, 0.717) is 13.0 Å². The second-order valence-corrected chi connectivity index (χ2v) is 3.46. The van der Waals surface area contributed by atoms with Gasteiger partial charge < -0.3 is 20.6 Å². The lowest BCUT2D eigenvalue weighted by molar-refractivity contribution is 0.317. The van der Waals surface area contributed by atoms with Crippen molar-refractivity contribution in [2.45, 2.75) is 6.42 Å². The minimum absolute atomic E-state index is 0.236. The van der Waals surface area contributed by atoms with E-state index in [2.05, 4.69) is 5.16 Å². The monoisotopic (exact) mass is 223 g/mol. The van der Waals surface area contributed by atoms with Crippen molar-refractivity contribution in [1.82, 2.24) is 0 Å². The van der Waals surface area contributed by atoms with Gasteiger partial charge in [-0.25, -0.2) is 0 Å². The zero-order valence-corrected chi connectivity index (χ0v) is 9.55. The number of ether oxygens (including phenoxy) is 1. The zero-order chi connectivity index (χ0) is 12.0. The van der Waals surface area contributed by atoms with Gasteiger partial charge in [-0.05, 0) is 24.3 Å². The molecule has 88 valence electrons. The molecule has 0 saturated heterocycles. The van der Waals surface area contributed by atoms with Crippen molar-refractivity contribution in [1.29, 1.82) is 0 Å². The average Bonchev–Trinajstić information content (AvgIpc) is 2.35. The van der Waals surface area contributed by atoms with Gasteiger partial charge in [0.15, 0.2) is 0 Å². The lowest BCUT2D eigenvalue weighted by Crippen LogP contribution is -2.24. The van der Waals surface area contributed by atoms with Crippen LogP contribution in [0.15, 0.2) is 29.4 Å². The van der Waals surface area contributed by atoms with Crippen LogP contribution in [0.25, 0.3) is 0 Å². The van der Waals surface area contributed by atoms with Crippen LogP contribution in [0.4, 0.5) is 5.69 Å². The largest absolute Gasteiger partial charge is 0.497 e. The van der Waals surface area contributed by atoms with Crippen molar-refractivity contribution in [3.63, 3.8) is 0 Å². The van der Waals surface area contributed by atoms with Crippen LogP contribution in [0.3, 0.4) is 0 Å². The summed E-state index contributed by atoms with van der Waals surface area (Å²) >= 11 is 0. The molecule has 1 aromatic rings. The highest BCUT2D eigenvalue weighted by atomic mass is 16.5. The molecule has 0 unspecified atom stereocenters. The van der Waals surface area contributed by atoms with Gasteiger partial charge in [0, 0.05) is 25.7 Å². The van der Waals surface area contributed by atoms with Crippen molar-refractivity contribution < 1.29 is 9.94 Å². The zero-order valence-electron chi connectivity index (χ0n) is 9.55. The molecule has 0 amide bonds. The van der Waals surface area contributed by atoms with Gasteiger partial charge >= 0.3 is 0 Å². The van der Waals surface area contributed by atoms with Gasteiger partial charge in [0.05, 0.1) is 7.11 Å². The molecule has 5 nitrogen and oxygen atoms in total. The van der Waals surface area contributed by atoms with E-state index in [1.165, 1.54) is 0 Å². The summed E-state index contributed by atoms with van der Waals surface area (Å²) in [6.45, 7) is 0.697. The van der Waals surface area contributed by atoms with Crippen molar-refractivity contribution in [2.75, 3.05) is 25.6 Å². The normalized spacial score (nSPS) is 11.2. The molecule has 0 saturated carbocycles. The Kier molecular flexibility index (Phi) is 4.44. The predicted molar refractivity (Wildman–Crippen MR) is 64.3 cm³/mol. The molecular weight excluding hydrogens is 206 g/mol. The van der Waals surface area contributed by atoms with Gasteiger partial charge in [-0.15, -0.1) is 0 Å². The van der Waals surface area contributed by atoms with E-state index in [-0.39, 0.29) is 5.84 Å². The van der Waals surface area contributed by atoms with Crippen LogP contribution in [-0.4, -0.2) is 31.7 Å². The molecule has 0 aliphatic carbocycles. The Labute approximate surface area is 95.1 Å². The van der Waals surface area contributed by atoms with E-state index >= 15 is 0 Å². The average molecular weight is 223 g/mol. The Morgan fingerprint density at radius 2 is 2.06 bits per heavy atom. The molecule has 0 fully saturated rings. The third-order valence-corrected chi connectivity index (χ3v) is 2.34. The molecule has 1 rings (SSSR count). The summed E-state index contributed by atoms with van der Waals surface area (Å²) in [6, 6.07) is 7.72. The quantitative estimate of drug-likeness (QED) is 0.341. The summed E-state index contributed by atoms with van der Waals surface area (Å²) in [6.07, 6.45) is 0.527. The number of oxime groups is 1. The summed E-state index contributed by atoms with van der Waals surface area (Å²) in [5.41, 5.74) is 6.46. The van der Waals surface area contributed by atoms with E-state index in [0.717, 1.165) is 11.4 Å². The standard InChI is InChI=1S/C11H17N3O2/c1-14(8-7-11(12)13-15)9-3-5-10(16-2)6-4-9/h3-6,15H,7-8H2,1-2H3,(H2,12,13). The molecule has 5 heteroatoms.